The maximum atomic E-state index is 12.2. The van der Waals surface area contributed by atoms with Gasteiger partial charge in [-0.15, -0.1) is 0 Å². The largest absolute Gasteiger partial charge is 0.339 e. The summed E-state index contributed by atoms with van der Waals surface area (Å²) < 4.78 is 1.88. The number of rotatable bonds is 5. The Morgan fingerprint density at radius 3 is 2.45 bits per heavy atom. The van der Waals surface area contributed by atoms with Gasteiger partial charge in [-0.2, -0.15) is 5.10 Å². The van der Waals surface area contributed by atoms with E-state index in [1.807, 2.05) is 35.8 Å². The van der Waals surface area contributed by atoms with Gasteiger partial charge in [-0.25, -0.2) is 0 Å². The normalized spacial score (nSPS) is 16.7. The molecule has 1 aliphatic heterocycles. The summed E-state index contributed by atoms with van der Waals surface area (Å²) in [5.74, 6) is 0.167. The number of hydrogen-bond donors (Lipinski definition) is 1. The van der Waals surface area contributed by atoms with Crippen molar-refractivity contribution >= 4 is 11.8 Å². The molecule has 2 heterocycles. The van der Waals surface area contributed by atoms with Crippen LogP contribution in [0.5, 0.6) is 0 Å². The van der Waals surface area contributed by atoms with Gasteiger partial charge in [-0.3, -0.25) is 14.3 Å². The Bertz CT molecular complexity index is 520. The van der Waals surface area contributed by atoms with Crippen LogP contribution in [0, 0.1) is 6.92 Å². The highest BCUT2D eigenvalue weighted by atomic mass is 16.2. The SMILES string of the molecule is CC(=O)N1CCN(C(=O)CN[C@H](C)Cn2cc(C)cn2)CC1. The smallest absolute Gasteiger partial charge is 0.236 e. The van der Waals surface area contributed by atoms with Gasteiger partial charge in [0.1, 0.15) is 0 Å². The molecule has 1 aliphatic rings. The zero-order valence-electron chi connectivity index (χ0n) is 13.6. The first-order valence-electron chi connectivity index (χ1n) is 7.71. The first kappa shape index (κ1) is 16.5. The van der Waals surface area contributed by atoms with Crippen LogP contribution >= 0.6 is 0 Å². The van der Waals surface area contributed by atoms with Crippen molar-refractivity contribution in [3.63, 3.8) is 0 Å². The third-order valence-electron chi connectivity index (χ3n) is 3.90. The summed E-state index contributed by atoms with van der Waals surface area (Å²) >= 11 is 0. The fraction of sp³-hybridized carbons (Fsp3) is 0.667. The van der Waals surface area contributed by atoms with Gasteiger partial charge in [0.25, 0.3) is 0 Å². The van der Waals surface area contributed by atoms with E-state index >= 15 is 0 Å². The summed E-state index contributed by atoms with van der Waals surface area (Å²) in [6, 6.07) is 0.168. The van der Waals surface area contributed by atoms with E-state index < -0.39 is 0 Å². The number of piperazine rings is 1. The molecule has 7 heteroatoms. The number of amides is 2. The summed E-state index contributed by atoms with van der Waals surface area (Å²) in [4.78, 5) is 27.0. The maximum Gasteiger partial charge on any atom is 0.236 e. The second kappa shape index (κ2) is 7.40. The number of nitrogens with zero attached hydrogens (tertiary/aromatic N) is 4. The molecular weight excluding hydrogens is 282 g/mol. The molecule has 0 spiro atoms. The third kappa shape index (κ3) is 4.56. The van der Waals surface area contributed by atoms with Crippen LogP contribution in [0.2, 0.25) is 0 Å². The predicted molar refractivity (Wildman–Crippen MR) is 83.3 cm³/mol. The minimum absolute atomic E-state index is 0.0772. The van der Waals surface area contributed by atoms with E-state index in [0.29, 0.717) is 32.7 Å². The molecule has 1 N–H and O–H groups in total. The summed E-state index contributed by atoms with van der Waals surface area (Å²) in [5, 5.41) is 7.48. The Labute approximate surface area is 131 Å². The fourth-order valence-electron chi connectivity index (χ4n) is 2.56. The van der Waals surface area contributed by atoms with Crippen LogP contribution < -0.4 is 5.32 Å². The van der Waals surface area contributed by atoms with Crippen LogP contribution in [0.3, 0.4) is 0 Å². The number of nitrogens with one attached hydrogen (secondary N) is 1. The summed E-state index contributed by atoms with van der Waals surface area (Å²) in [6.07, 6.45) is 3.81. The average Bonchev–Trinajstić information content (AvgIpc) is 2.90. The zero-order valence-corrected chi connectivity index (χ0v) is 13.6. The highest BCUT2D eigenvalue weighted by molar-refractivity contribution is 5.79. The van der Waals surface area contributed by atoms with E-state index in [0.717, 1.165) is 12.1 Å². The van der Waals surface area contributed by atoms with E-state index in [1.165, 1.54) is 0 Å². The quantitative estimate of drug-likeness (QED) is 0.822. The fourth-order valence-corrected chi connectivity index (χ4v) is 2.56. The van der Waals surface area contributed by atoms with E-state index in [2.05, 4.69) is 10.4 Å². The summed E-state index contributed by atoms with van der Waals surface area (Å²) in [7, 11) is 0. The van der Waals surface area contributed by atoms with E-state index in [-0.39, 0.29) is 17.9 Å². The Morgan fingerprint density at radius 2 is 1.91 bits per heavy atom. The lowest BCUT2D eigenvalue weighted by molar-refractivity contribution is -0.137. The Hall–Kier alpha value is -1.89. The standard InChI is InChI=1S/C15H25N5O2/c1-12-8-17-20(10-12)11-13(2)16-9-15(22)19-6-4-18(5-7-19)14(3)21/h8,10,13,16H,4-7,9,11H2,1-3H3/t13-/m1/s1. The van der Waals surface area contributed by atoms with E-state index in [9.17, 15) is 9.59 Å². The topological polar surface area (TPSA) is 70.5 Å². The number of aryl methyl sites for hydroxylation is 1. The maximum absolute atomic E-state index is 12.2. The van der Waals surface area contributed by atoms with Gasteiger partial charge in [0.2, 0.25) is 11.8 Å². The minimum Gasteiger partial charge on any atom is -0.339 e. The van der Waals surface area contributed by atoms with Crippen LogP contribution in [0.15, 0.2) is 12.4 Å². The summed E-state index contributed by atoms with van der Waals surface area (Å²) in [6.45, 7) is 9.16. The molecule has 0 aliphatic carbocycles. The second-order valence-corrected chi connectivity index (χ2v) is 5.91. The van der Waals surface area contributed by atoms with Gasteiger partial charge in [0.15, 0.2) is 0 Å². The lowest BCUT2D eigenvalue weighted by atomic mass is 10.3. The van der Waals surface area contributed by atoms with Crippen LogP contribution in [0.4, 0.5) is 0 Å². The van der Waals surface area contributed by atoms with Crippen molar-refractivity contribution in [1.29, 1.82) is 0 Å². The minimum atomic E-state index is 0.0772. The Morgan fingerprint density at radius 1 is 1.27 bits per heavy atom. The molecule has 2 amide bonds. The average molecular weight is 307 g/mol. The van der Waals surface area contributed by atoms with Gasteiger partial charge in [-0.05, 0) is 19.4 Å². The van der Waals surface area contributed by atoms with Crippen LogP contribution in [-0.4, -0.2) is 70.2 Å². The Kier molecular flexibility index (Phi) is 5.54. The number of hydrogen-bond acceptors (Lipinski definition) is 4. The lowest BCUT2D eigenvalue weighted by Gasteiger charge is -2.34. The van der Waals surface area contributed by atoms with Gasteiger partial charge in [0, 0.05) is 45.3 Å². The first-order chi connectivity index (χ1) is 10.5. The van der Waals surface area contributed by atoms with E-state index in [4.69, 9.17) is 0 Å². The number of aromatic nitrogens is 2. The number of carbonyl (C=O) groups is 2. The van der Waals surface area contributed by atoms with E-state index in [1.54, 1.807) is 11.8 Å². The third-order valence-corrected chi connectivity index (χ3v) is 3.90. The summed E-state index contributed by atoms with van der Waals surface area (Å²) in [5.41, 5.74) is 1.13. The molecule has 1 fully saturated rings. The zero-order chi connectivity index (χ0) is 16.1. The van der Waals surface area contributed by atoms with Crippen molar-refractivity contribution in [3.8, 4) is 0 Å². The van der Waals surface area contributed by atoms with Crippen molar-refractivity contribution in [2.24, 2.45) is 0 Å². The highest BCUT2D eigenvalue weighted by Gasteiger charge is 2.22. The van der Waals surface area contributed by atoms with Gasteiger partial charge in [-0.1, -0.05) is 0 Å². The molecule has 22 heavy (non-hydrogen) atoms. The van der Waals surface area contributed by atoms with Crippen LogP contribution in [0.25, 0.3) is 0 Å². The first-order valence-corrected chi connectivity index (χ1v) is 7.71. The lowest BCUT2D eigenvalue weighted by Crippen LogP contribution is -2.52. The molecule has 0 saturated carbocycles. The molecule has 0 unspecified atom stereocenters. The van der Waals surface area contributed by atoms with Gasteiger partial charge in [0.05, 0.1) is 19.3 Å². The molecule has 0 bridgehead atoms. The molecular formula is C15H25N5O2. The molecule has 1 aromatic rings. The molecule has 7 nitrogen and oxygen atoms in total. The van der Waals surface area contributed by atoms with Crippen molar-refractivity contribution < 1.29 is 9.59 Å². The number of carbonyl (C=O) groups excluding carboxylic acids is 2. The molecule has 0 aromatic carbocycles. The van der Waals surface area contributed by atoms with Gasteiger partial charge < -0.3 is 15.1 Å². The van der Waals surface area contributed by atoms with Crippen molar-refractivity contribution in [1.82, 2.24) is 24.9 Å². The van der Waals surface area contributed by atoms with Gasteiger partial charge >= 0.3 is 0 Å². The highest BCUT2D eigenvalue weighted by Crippen LogP contribution is 2.02. The second-order valence-electron chi connectivity index (χ2n) is 5.91. The van der Waals surface area contributed by atoms with Crippen LogP contribution in [-0.2, 0) is 16.1 Å². The molecule has 1 atom stereocenters. The molecule has 122 valence electrons. The molecule has 1 aromatic heterocycles. The molecule has 1 saturated heterocycles. The monoisotopic (exact) mass is 307 g/mol. The predicted octanol–water partition coefficient (Wildman–Crippen LogP) is -0.140. The van der Waals surface area contributed by atoms with Crippen LogP contribution in [0.1, 0.15) is 19.4 Å². The Balaban J connectivity index is 1.70. The molecule has 2 rings (SSSR count). The van der Waals surface area contributed by atoms with Crippen molar-refractivity contribution in [2.45, 2.75) is 33.4 Å². The van der Waals surface area contributed by atoms with Crippen molar-refractivity contribution in [3.05, 3.63) is 18.0 Å². The molecule has 0 radical (unpaired) electrons. The van der Waals surface area contributed by atoms with Crippen molar-refractivity contribution in [2.75, 3.05) is 32.7 Å².